The van der Waals surface area contributed by atoms with Crippen LogP contribution in [0.5, 0.6) is 0 Å². The molecule has 1 atom stereocenters. The van der Waals surface area contributed by atoms with E-state index in [1.165, 1.54) is 0 Å². The van der Waals surface area contributed by atoms with Crippen LogP contribution in [0.2, 0.25) is 0 Å². The summed E-state index contributed by atoms with van der Waals surface area (Å²) in [6.07, 6.45) is 3.51. The Kier molecular flexibility index (Phi) is 5.02. The Hall–Kier alpha value is -2.93. The zero-order valence-corrected chi connectivity index (χ0v) is 15.3. The van der Waals surface area contributed by atoms with Gasteiger partial charge in [-0.3, -0.25) is 4.79 Å². The third-order valence-corrected chi connectivity index (χ3v) is 4.91. The summed E-state index contributed by atoms with van der Waals surface area (Å²) < 4.78 is 7.32. The summed E-state index contributed by atoms with van der Waals surface area (Å²) in [6, 6.07) is 11.4. The normalized spacial score (nSPS) is 15.7. The second kappa shape index (κ2) is 7.75. The van der Waals surface area contributed by atoms with Gasteiger partial charge in [0.05, 0.1) is 30.6 Å². The topological polar surface area (TPSA) is 72.3 Å². The Balaban J connectivity index is 1.46. The SMILES string of the molecule is C[C@@H](C(=O)NCc1cccnc1N1CCOCC1)n1cnc2ccccc21. The average molecular weight is 365 g/mol. The molecular formula is C20H23N5O2. The van der Waals surface area contributed by atoms with Gasteiger partial charge in [-0.2, -0.15) is 0 Å². The number of amides is 1. The fraction of sp³-hybridized carbons (Fsp3) is 0.350. The molecule has 140 valence electrons. The molecule has 7 nitrogen and oxygen atoms in total. The van der Waals surface area contributed by atoms with E-state index < -0.39 is 0 Å². The van der Waals surface area contributed by atoms with Gasteiger partial charge in [-0.1, -0.05) is 18.2 Å². The monoisotopic (exact) mass is 365 g/mol. The second-order valence-corrected chi connectivity index (χ2v) is 6.62. The molecule has 3 heterocycles. The van der Waals surface area contributed by atoms with E-state index in [-0.39, 0.29) is 11.9 Å². The smallest absolute Gasteiger partial charge is 0.243 e. The molecule has 1 aliphatic heterocycles. The molecule has 2 aromatic heterocycles. The first kappa shape index (κ1) is 17.5. The molecule has 0 bridgehead atoms. The minimum atomic E-state index is -0.346. The Bertz CT molecular complexity index is 933. The van der Waals surface area contributed by atoms with Crippen molar-refractivity contribution in [1.29, 1.82) is 0 Å². The summed E-state index contributed by atoms with van der Waals surface area (Å²) in [5, 5.41) is 3.05. The maximum Gasteiger partial charge on any atom is 0.243 e. The molecule has 1 aliphatic rings. The maximum atomic E-state index is 12.7. The molecule has 3 aromatic rings. The highest BCUT2D eigenvalue weighted by molar-refractivity contribution is 5.83. The Morgan fingerprint density at radius 1 is 1.19 bits per heavy atom. The van der Waals surface area contributed by atoms with Crippen LogP contribution >= 0.6 is 0 Å². The van der Waals surface area contributed by atoms with Gasteiger partial charge in [0, 0.05) is 31.4 Å². The number of nitrogens with zero attached hydrogens (tertiary/aromatic N) is 4. The van der Waals surface area contributed by atoms with E-state index in [1.54, 1.807) is 12.5 Å². The first-order valence-electron chi connectivity index (χ1n) is 9.20. The predicted octanol–water partition coefficient (Wildman–Crippen LogP) is 2.15. The number of pyridine rings is 1. The van der Waals surface area contributed by atoms with E-state index in [0.717, 1.165) is 35.5 Å². The van der Waals surface area contributed by atoms with Gasteiger partial charge < -0.3 is 19.5 Å². The van der Waals surface area contributed by atoms with Crippen LogP contribution in [-0.2, 0) is 16.1 Å². The standard InChI is InChI=1S/C20H23N5O2/c1-15(25-14-23-17-6-2-3-7-18(17)25)20(26)22-13-16-5-4-8-21-19(16)24-9-11-27-12-10-24/h2-8,14-15H,9-13H2,1H3,(H,22,26)/t15-/m0/s1. The minimum Gasteiger partial charge on any atom is -0.378 e. The third-order valence-electron chi connectivity index (χ3n) is 4.91. The lowest BCUT2D eigenvalue weighted by atomic mass is 10.2. The van der Waals surface area contributed by atoms with Crippen LogP contribution in [0.15, 0.2) is 48.9 Å². The number of carbonyl (C=O) groups is 1. The lowest BCUT2D eigenvalue weighted by molar-refractivity contribution is -0.123. The molecular weight excluding hydrogens is 342 g/mol. The summed E-state index contributed by atoms with van der Waals surface area (Å²) in [6.45, 7) is 5.36. The number of hydrogen-bond donors (Lipinski definition) is 1. The maximum absolute atomic E-state index is 12.7. The molecule has 1 saturated heterocycles. The number of nitrogens with one attached hydrogen (secondary N) is 1. The number of morpholine rings is 1. The molecule has 1 N–H and O–H groups in total. The first-order valence-corrected chi connectivity index (χ1v) is 9.20. The summed E-state index contributed by atoms with van der Waals surface area (Å²) >= 11 is 0. The van der Waals surface area contributed by atoms with Gasteiger partial charge in [0.2, 0.25) is 5.91 Å². The molecule has 4 rings (SSSR count). The van der Waals surface area contributed by atoms with Crippen LogP contribution in [0.4, 0.5) is 5.82 Å². The number of hydrogen-bond acceptors (Lipinski definition) is 5. The zero-order valence-electron chi connectivity index (χ0n) is 15.3. The van der Waals surface area contributed by atoms with Crippen LogP contribution in [0.3, 0.4) is 0 Å². The molecule has 0 unspecified atom stereocenters. The van der Waals surface area contributed by atoms with E-state index in [9.17, 15) is 4.79 Å². The summed E-state index contributed by atoms with van der Waals surface area (Å²) in [5.41, 5.74) is 2.85. The molecule has 27 heavy (non-hydrogen) atoms. The molecule has 1 amide bonds. The Morgan fingerprint density at radius 2 is 2.00 bits per heavy atom. The predicted molar refractivity (Wildman–Crippen MR) is 104 cm³/mol. The highest BCUT2D eigenvalue weighted by atomic mass is 16.5. The van der Waals surface area contributed by atoms with E-state index in [0.29, 0.717) is 19.8 Å². The van der Waals surface area contributed by atoms with Crippen molar-refractivity contribution >= 4 is 22.8 Å². The summed E-state index contributed by atoms with van der Waals surface area (Å²) in [5.74, 6) is 0.872. The van der Waals surface area contributed by atoms with Crippen molar-refractivity contribution < 1.29 is 9.53 Å². The van der Waals surface area contributed by atoms with Crippen molar-refractivity contribution in [3.8, 4) is 0 Å². The van der Waals surface area contributed by atoms with Crippen molar-refractivity contribution in [3.63, 3.8) is 0 Å². The fourth-order valence-electron chi connectivity index (χ4n) is 3.37. The van der Waals surface area contributed by atoms with Crippen LogP contribution in [-0.4, -0.2) is 46.7 Å². The summed E-state index contributed by atoms with van der Waals surface area (Å²) in [4.78, 5) is 23.8. The molecule has 7 heteroatoms. The number of carbonyl (C=O) groups excluding carboxylic acids is 1. The number of para-hydroxylation sites is 2. The van der Waals surface area contributed by atoms with Crippen LogP contribution in [0.1, 0.15) is 18.5 Å². The number of ether oxygens (including phenoxy) is 1. The minimum absolute atomic E-state index is 0.0464. The van der Waals surface area contributed by atoms with Crippen molar-refractivity contribution in [1.82, 2.24) is 19.9 Å². The highest BCUT2D eigenvalue weighted by Gasteiger charge is 2.19. The zero-order chi connectivity index (χ0) is 18.6. The Labute approximate surface area is 158 Å². The first-order chi connectivity index (χ1) is 13.2. The largest absolute Gasteiger partial charge is 0.378 e. The Morgan fingerprint density at radius 3 is 2.85 bits per heavy atom. The highest BCUT2D eigenvalue weighted by Crippen LogP contribution is 2.20. The quantitative estimate of drug-likeness (QED) is 0.750. The molecule has 0 saturated carbocycles. The summed E-state index contributed by atoms with van der Waals surface area (Å²) in [7, 11) is 0. The number of anilines is 1. The molecule has 1 fully saturated rings. The van der Waals surface area contributed by atoms with Gasteiger partial charge in [-0.15, -0.1) is 0 Å². The lowest BCUT2D eigenvalue weighted by Crippen LogP contribution is -2.38. The van der Waals surface area contributed by atoms with Gasteiger partial charge in [-0.25, -0.2) is 9.97 Å². The van der Waals surface area contributed by atoms with Gasteiger partial charge in [0.15, 0.2) is 0 Å². The van der Waals surface area contributed by atoms with Gasteiger partial charge in [-0.05, 0) is 25.1 Å². The van der Waals surface area contributed by atoms with Gasteiger partial charge in [0.1, 0.15) is 11.9 Å². The number of rotatable bonds is 5. The van der Waals surface area contributed by atoms with Crippen LogP contribution in [0.25, 0.3) is 11.0 Å². The van der Waals surface area contributed by atoms with Crippen molar-refractivity contribution in [2.24, 2.45) is 0 Å². The molecule has 0 spiro atoms. The van der Waals surface area contributed by atoms with E-state index in [2.05, 4.69) is 20.2 Å². The molecule has 0 radical (unpaired) electrons. The number of fused-ring (bicyclic) bond motifs is 1. The van der Waals surface area contributed by atoms with Crippen molar-refractivity contribution in [3.05, 3.63) is 54.5 Å². The molecule has 0 aliphatic carbocycles. The average Bonchev–Trinajstić information content (AvgIpc) is 3.16. The van der Waals surface area contributed by atoms with Crippen molar-refractivity contribution in [2.45, 2.75) is 19.5 Å². The number of imidazole rings is 1. The lowest BCUT2D eigenvalue weighted by Gasteiger charge is -2.29. The fourth-order valence-corrected chi connectivity index (χ4v) is 3.37. The second-order valence-electron chi connectivity index (χ2n) is 6.62. The van der Waals surface area contributed by atoms with Crippen LogP contribution in [0, 0.1) is 0 Å². The van der Waals surface area contributed by atoms with E-state index in [4.69, 9.17) is 4.74 Å². The van der Waals surface area contributed by atoms with E-state index >= 15 is 0 Å². The number of benzene rings is 1. The van der Waals surface area contributed by atoms with Crippen LogP contribution < -0.4 is 10.2 Å². The third kappa shape index (κ3) is 3.64. The van der Waals surface area contributed by atoms with Gasteiger partial charge >= 0.3 is 0 Å². The van der Waals surface area contributed by atoms with Gasteiger partial charge in [0.25, 0.3) is 0 Å². The van der Waals surface area contributed by atoms with Crippen molar-refractivity contribution in [2.75, 3.05) is 31.2 Å². The van der Waals surface area contributed by atoms with E-state index in [1.807, 2.05) is 47.9 Å². The number of aromatic nitrogens is 3. The molecule has 1 aromatic carbocycles.